The monoisotopic (exact) mass is 251 g/mol. The molecule has 0 spiro atoms. The van der Waals surface area contributed by atoms with Gasteiger partial charge in [0.25, 0.3) is 0 Å². The van der Waals surface area contributed by atoms with Crippen LogP contribution in [0.15, 0.2) is 30.0 Å². The Kier molecular flexibility index (Phi) is 4.08. The van der Waals surface area contributed by atoms with Crippen molar-refractivity contribution in [3.8, 4) is 0 Å². The summed E-state index contributed by atoms with van der Waals surface area (Å²) in [7, 11) is 1.95. The molecule has 2 nitrogen and oxygen atoms in total. The van der Waals surface area contributed by atoms with E-state index in [-0.39, 0.29) is 6.04 Å². The third-order valence-corrected chi connectivity index (χ3v) is 3.42. The lowest BCUT2D eigenvalue weighted by Gasteiger charge is -2.24. The van der Waals surface area contributed by atoms with Gasteiger partial charge >= 0.3 is 0 Å². The molecule has 1 atom stereocenters. The Balaban J connectivity index is 2.31. The molecule has 0 aromatic heterocycles. The van der Waals surface area contributed by atoms with E-state index < -0.39 is 0 Å². The molecule has 0 amide bonds. The molecule has 1 unspecified atom stereocenters. The Bertz CT molecular complexity index is 428. The summed E-state index contributed by atoms with van der Waals surface area (Å²) in [6, 6.07) is 6.35. The van der Waals surface area contributed by atoms with Crippen LogP contribution < -0.4 is 5.32 Å². The van der Waals surface area contributed by atoms with Crippen LogP contribution in [0.2, 0.25) is 5.02 Å². The molecule has 2 rings (SSSR count). The van der Waals surface area contributed by atoms with E-state index in [0.29, 0.717) is 0 Å². The predicted octanol–water partition coefficient (Wildman–Crippen LogP) is 3.60. The van der Waals surface area contributed by atoms with E-state index in [1.165, 1.54) is 11.1 Å². The van der Waals surface area contributed by atoms with E-state index in [2.05, 4.69) is 17.4 Å². The highest BCUT2D eigenvalue weighted by atomic mass is 35.5. The van der Waals surface area contributed by atoms with E-state index in [0.717, 1.165) is 30.0 Å². The third kappa shape index (κ3) is 2.82. The average Bonchev–Trinajstić information content (AvgIpc) is 2.34. The van der Waals surface area contributed by atoms with Gasteiger partial charge in [0, 0.05) is 5.02 Å². The molecule has 1 aromatic rings. The van der Waals surface area contributed by atoms with Gasteiger partial charge in [0.15, 0.2) is 0 Å². The molecule has 0 aliphatic carbocycles. The Hall–Kier alpha value is -0.990. The topological polar surface area (TPSA) is 21.3 Å². The number of aryl methyl sites for hydroxylation is 1. The third-order valence-electron chi connectivity index (χ3n) is 3.09. The highest BCUT2D eigenvalue weighted by Crippen LogP contribution is 2.32. The molecule has 0 saturated heterocycles. The number of benzene rings is 1. The van der Waals surface area contributed by atoms with Gasteiger partial charge in [0.2, 0.25) is 0 Å². The highest BCUT2D eigenvalue weighted by molar-refractivity contribution is 6.31. The molecule has 0 saturated carbocycles. The molecule has 0 radical (unpaired) electrons. The van der Waals surface area contributed by atoms with Crippen LogP contribution in [0.3, 0.4) is 0 Å². The second kappa shape index (κ2) is 5.56. The van der Waals surface area contributed by atoms with Crippen LogP contribution in [0.25, 0.3) is 0 Å². The molecule has 92 valence electrons. The van der Waals surface area contributed by atoms with Crippen LogP contribution in [-0.2, 0) is 4.74 Å². The zero-order valence-corrected chi connectivity index (χ0v) is 11.1. The molecule has 0 fully saturated rings. The lowest BCUT2D eigenvalue weighted by atomic mass is 9.95. The van der Waals surface area contributed by atoms with E-state index in [1.54, 1.807) is 0 Å². The summed E-state index contributed by atoms with van der Waals surface area (Å²) in [5.41, 5.74) is 3.57. The van der Waals surface area contributed by atoms with Crippen LogP contribution >= 0.6 is 11.6 Å². The molecule has 1 N–H and O–H groups in total. The highest BCUT2D eigenvalue weighted by Gasteiger charge is 2.19. The van der Waals surface area contributed by atoms with E-state index in [4.69, 9.17) is 16.3 Å². The summed E-state index contributed by atoms with van der Waals surface area (Å²) in [6.45, 7) is 2.87. The maximum absolute atomic E-state index is 6.31. The number of nitrogens with one attached hydrogen (secondary N) is 1. The van der Waals surface area contributed by atoms with Crippen molar-refractivity contribution in [1.82, 2.24) is 5.32 Å². The van der Waals surface area contributed by atoms with Gasteiger partial charge in [-0.2, -0.15) is 0 Å². The first-order valence-electron chi connectivity index (χ1n) is 5.96. The van der Waals surface area contributed by atoms with Crippen molar-refractivity contribution >= 4 is 11.6 Å². The van der Waals surface area contributed by atoms with Crippen LogP contribution in [0.5, 0.6) is 0 Å². The average molecular weight is 252 g/mol. The zero-order chi connectivity index (χ0) is 12.3. The normalized spacial score (nSPS) is 17.2. The smallest absolute Gasteiger partial charge is 0.0876 e. The number of hydrogen-bond acceptors (Lipinski definition) is 2. The lowest BCUT2D eigenvalue weighted by Crippen LogP contribution is -2.21. The van der Waals surface area contributed by atoms with Gasteiger partial charge in [-0.05, 0) is 49.6 Å². The van der Waals surface area contributed by atoms with Crippen molar-refractivity contribution in [3.63, 3.8) is 0 Å². The van der Waals surface area contributed by atoms with Gasteiger partial charge in [0.1, 0.15) is 0 Å². The Labute approximate surface area is 108 Å². The van der Waals surface area contributed by atoms with Crippen LogP contribution in [0.4, 0.5) is 0 Å². The number of halogens is 1. The first-order chi connectivity index (χ1) is 8.22. The standard InChI is InChI=1S/C14H18ClNO/c1-10-5-6-12(13(15)8-10)14(16-2)11-4-3-7-17-9-11/h5-6,8-9,14,16H,3-4,7H2,1-2H3. The number of ether oxygens (including phenoxy) is 1. The fourth-order valence-electron chi connectivity index (χ4n) is 2.20. The van der Waals surface area contributed by atoms with Gasteiger partial charge in [-0.3, -0.25) is 0 Å². The molecule has 1 aromatic carbocycles. The van der Waals surface area contributed by atoms with Gasteiger partial charge in [-0.25, -0.2) is 0 Å². The first-order valence-corrected chi connectivity index (χ1v) is 6.34. The van der Waals surface area contributed by atoms with E-state index in [9.17, 15) is 0 Å². The molecule has 1 aliphatic heterocycles. The van der Waals surface area contributed by atoms with Crippen LogP contribution in [0, 0.1) is 6.92 Å². The minimum absolute atomic E-state index is 0.156. The SMILES string of the molecule is CNC(C1=COCCC1)c1ccc(C)cc1Cl. The number of hydrogen-bond donors (Lipinski definition) is 1. The van der Waals surface area contributed by atoms with Gasteiger partial charge < -0.3 is 10.1 Å². The second-order valence-corrected chi connectivity index (χ2v) is 4.82. The molecule has 17 heavy (non-hydrogen) atoms. The van der Waals surface area contributed by atoms with Crippen LogP contribution in [0.1, 0.15) is 30.0 Å². The van der Waals surface area contributed by atoms with Crippen molar-refractivity contribution in [3.05, 3.63) is 46.2 Å². The summed E-state index contributed by atoms with van der Waals surface area (Å²) in [5, 5.41) is 4.13. The summed E-state index contributed by atoms with van der Waals surface area (Å²) in [4.78, 5) is 0. The summed E-state index contributed by atoms with van der Waals surface area (Å²) in [6.07, 6.45) is 4.02. The first kappa shape index (κ1) is 12.5. The van der Waals surface area contributed by atoms with Gasteiger partial charge in [-0.1, -0.05) is 23.7 Å². The summed E-state index contributed by atoms with van der Waals surface area (Å²) in [5.74, 6) is 0. The van der Waals surface area contributed by atoms with Crippen molar-refractivity contribution in [2.45, 2.75) is 25.8 Å². The number of rotatable bonds is 3. The number of likely N-dealkylation sites (N-methyl/N-ethyl adjacent to an activating group) is 1. The molecular formula is C14H18ClNO. The molecule has 3 heteroatoms. The van der Waals surface area contributed by atoms with Crippen LogP contribution in [-0.4, -0.2) is 13.7 Å². The lowest BCUT2D eigenvalue weighted by molar-refractivity contribution is 0.220. The van der Waals surface area contributed by atoms with Crippen molar-refractivity contribution in [2.24, 2.45) is 0 Å². The summed E-state index contributed by atoms with van der Waals surface area (Å²) < 4.78 is 5.40. The Morgan fingerprint density at radius 1 is 1.41 bits per heavy atom. The van der Waals surface area contributed by atoms with Gasteiger partial charge in [-0.15, -0.1) is 0 Å². The van der Waals surface area contributed by atoms with E-state index >= 15 is 0 Å². The van der Waals surface area contributed by atoms with Crippen molar-refractivity contribution in [1.29, 1.82) is 0 Å². The minimum Gasteiger partial charge on any atom is -0.501 e. The predicted molar refractivity (Wildman–Crippen MR) is 71.3 cm³/mol. The molecular weight excluding hydrogens is 234 g/mol. The van der Waals surface area contributed by atoms with Crippen molar-refractivity contribution in [2.75, 3.05) is 13.7 Å². The Morgan fingerprint density at radius 2 is 2.24 bits per heavy atom. The van der Waals surface area contributed by atoms with Gasteiger partial charge in [0.05, 0.1) is 18.9 Å². The maximum atomic E-state index is 6.31. The fraction of sp³-hybridized carbons (Fsp3) is 0.429. The minimum atomic E-state index is 0.156. The molecule has 1 aliphatic rings. The quantitative estimate of drug-likeness (QED) is 0.886. The summed E-state index contributed by atoms with van der Waals surface area (Å²) >= 11 is 6.31. The Morgan fingerprint density at radius 3 is 2.82 bits per heavy atom. The second-order valence-electron chi connectivity index (χ2n) is 4.41. The largest absolute Gasteiger partial charge is 0.501 e. The molecule has 0 bridgehead atoms. The maximum Gasteiger partial charge on any atom is 0.0876 e. The van der Waals surface area contributed by atoms with E-state index in [1.807, 2.05) is 26.3 Å². The van der Waals surface area contributed by atoms with Crippen molar-refractivity contribution < 1.29 is 4.74 Å². The fourth-order valence-corrected chi connectivity index (χ4v) is 2.55. The molecule has 1 heterocycles. The zero-order valence-electron chi connectivity index (χ0n) is 10.3.